The Hall–Kier alpha value is -2.94. The Bertz CT molecular complexity index is 742. The highest BCUT2D eigenvalue weighted by molar-refractivity contribution is 6.01. The van der Waals surface area contributed by atoms with Gasteiger partial charge in [-0.15, -0.1) is 5.06 Å². The predicted molar refractivity (Wildman–Crippen MR) is 101 cm³/mol. The Labute approximate surface area is 169 Å². The molecule has 9 heteroatoms. The van der Waals surface area contributed by atoms with E-state index in [0.29, 0.717) is 5.06 Å². The van der Waals surface area contributed by atoms with Gasteiger partial charge in [0.15, 0.2) is 6.04 Å². The highest BCUT2D eigenvalue weighted by Crippen LogP contribution is 2.15. The predicted octanol–water partition coefficient (Wildman–Crippen LogP) is 2.09. The third-order valence-corrected chi connectivity index (χ3v) is 3.94. The summed E-state index contributed by atoms with van der Waals surface area (Å²) in [5.74, 6) is -2.23. The molecule has 1 aromatic rings. The molecule has 1 aliphatic rings. The zero-order valence-corrected chi connectivity index (χ0v) is 17.0. The lowest BCUT2D eigenvalue weighted by molar-refractivity contribution is -0.201. The fourth-order valence-corrected chi connectivity index (χ4v) is 2.51. The molecular weight excluding hydrogens is 380 g/mol. The molecule has 158 valence electrons. The number of amides is 3. The van der Waals surface area contributed by atoms with E-state index in [1.165, 1.54) is 0 Å². The van der Waals surface area contributed by atoms with Gasteiger partial charge in [0.25, 0.3) is 11.8 Å². The van der Waals surface area contributed by atoms with Crippen molar-refractivity contribution in [2.45, 2.75) is 64.9 Å². The molecule has 1 heterocycles. The van der Waals surface area contributed by atoms with Gasteiger partial charge in [0.05, 0.1) is 12.7 Å². The summed E-state index contributed by atoms with van der Waals surface area (Å²) in [7, 11) is 0. The minimum absolute atomic E-state index is 0.0314. The maximum Gasteiger partial charge on any atom is 0.408 e. The van der Waals surface area contributed by atoms with Crippen LogP contribution in [0.15, 0.2) is 30.3 Å². The van der Waals surface area contributed by atoms with E-state index in [-0.39, 0.29) is 19.4 Å². The second kappa shape index (κ2) is 9.51. The highest BCUT2D eigenvalue weighted by atomic mass is 16.7. The van der Waals surface area contributed by atoms with Gasteiger partial charge in [0, 0.05) is 12.8 Å². The summed E-state index contributed by atoms with van der Waals surface area (Å²) in [5, 5.41) is 2.83. The summed E-state index contributed by atoms with van der Waals surface area (Å²) in [5.41, 5.74) is 0.0849. The normalized spacial score (nSPS) is 16.3. The third kappa shape index (κ3) is 6.86. The first kappa shape index (κ1) is 22.4. The number of hydrogen-bond acceptors (Lipinski definition) is 7. The molecule has 1 aromatic carbocycles. The van der Waals surface area contributed by atoms with Crippen molar-refractivity contribution >= 4 is 23.9 Å². The first-order valence-electron chi connectivity index (χ1n) is 9.29. The molecule has 3 amide bonds. The van der Waals surface area contributed by atoms with E-state index in [4.69, 9.17) is 14.3 Å². The summed E-state index contributed by atoms with van der Waals surface area (Å²) in [4.78, 5) is 53.2. The Morgan fingerprint density at radius 3 is 2.24 bits per heavy atom. The van der Waals surface area contributed by atoms with Crippen molar-refractivity contribution in [3.63, 3.8) is 0 Å². The van der Waals surface area contributed by atoms with Crippen molar-refractivity contribution < 1.29 is 33.5 Å². The van der Waals surface area contributed by atoms with Crippen LogP contribution in [0.2, 0.25) is 0 Å². The molecular formula is C20H26N2O7. The topological polar surface area (TPSA) is 111 Å². The quantitative estimate of drug-likeness (QED) is 0.690. The van der Waals surface area contributed by atoms with Crippen molar-refractivity contribution in [3.8, 4) is 0 Å². The number of benzene rings is 1. The van der Waals surface area contributed by atoms with E-state index in [9.17, 15) is 19.2 Å². The zero-order valence-electron chi connectivity index (χ0n) is 17.0. The fraction of sp³-hybridized carbons (Fsp3) is 0.500. The first-order chi connectivity index (χ1) is 13.6. The lowest BCUT2D eigenvalue weighted by Crippen LogP contribution is -2.52. The molecule has 2 rings (SSSR count). The average Bonchev–Trinajstić information content (AvgIpc) is 2.95. The van der Waals surface area contributed by atoms with Crippen LogP contribution in [0.5, 0.6) is 0 Å². The molecule has 29 heavy (non-hydrogen) atoms. The Kier molecular flexibility index (Phi) is 7.33. The molecule has 0 aliphatic carbocycles. The molecule has 1 N–H and O–H groups in total. The van der Waals surface area contributed by atoms with Gasteiger partial charge in [-0.1, -0.05) is 30.3 Å². The minimum Gasteiger partial charge on any atom is -0.444 e. The maximum absolute atomic E-state index is 12.6. The van der Waals surface area contributed by atoms with Gasteiger partial charge in [-0.2, -0.15) is 0 Å². The van der Waals surface area contributed by atoms with E-state index >= 15 is 0 Å². The highest BCUT2D eigenvalue weighted by Gasteiger charge is 2.38. The van der Waals surface area contributed by atoms with Crippen LogP contribution >= 0.6 is 0 Å². The largest absolute Gasteiger partial charge is 0.444 e. The Balaban J connectivity index is 2.08. The summed E-state index contributed by atoms with van der Waals surface area (Å²) in [6, 6.07) is 7.96. The van der Waals surface area contributed by atoms with Crippen LogP contribution in [-0.2, 0) is 35.3 Å². The molecule has 0 radical (unpaired) electrons. The van der Waals surface area contributed by atoms with Crippen LogP contribution in [0.1, 0.15) is 46.1 Å². The number of hydrogen-bond donors (Lipinski definition) is 1. The zero-order chi connectivity index (χ0) is 21.6. The number of ether oxygens (including phenoxy) is 2. The Morgan fingerprint density at radius 1 is 1.10 bits per heavy atom. The van der Waals surface area contributed by atoms with E-state index in [2.05, 4.69) is 5.32 Å². The number of rotatable bonds is 7. The number of nitrogens with one attached hydrogen (secondary N) is 1. The standard InChI is InChI=1S/C20H26N2O7/c1-13(27-12-14-8-6-5-7-9-14)17(21-19(26)28-20(2,3)4)18(25)29-22-15(23)10-11-16(22)24/h5-9,13,17H,10-12H2,1-4H3,(H,21,26)/t13-,17-/m0/s1. The van der Waals surface area contributed by atoms with E-state index in [0.717, 1.165) is 5.56 Å². The minimum atomic E-state index is -1.30. The lowest BCUT2D eigenvalue weighted by Gasteiger charge is -2.27. The number of carbonyl (C=O) groups is 4. The number of alkyl carbamates (subject to hydrolysis) is 1. The SMILES string of the molecule is C[C@H](OCc1ccccc1)[C@H](NC(=O)OC(C)(C)C)C(=O)ON1C(=O)CCC1=O. The van der Waals surface area contributed by atoms with Crippen molar-refractivity contribution in [2.75, 3.05) is 0 Å². The van der Waals surface area contributed by atoms with Crippen molar-refractivity contribution in [1.82, 2.24) is 10.4 Å². The molecule has 0 spiro atoms. The van der Waals surface area contributed by atoms with Gasteiger partial charge >= 0.3 is 12.1 Å². The number of hydroxylamine groups is 2. The first-order valence-corrected chi connectivity index (χ1v) is 9.29. The van der Waals surface area contributed by atoms with Crippen LogP contribution in [0.4, 0.5) is 4.79 Å². The van der Waals surface area contributed by atoms with Gasteiger partial charge in [0.1, 0.15) is 5.60 Å². The second-order valence-corrected chi connectivity index (χ2v) is 7.62. The smallest absolute Gasteiger partial charge is 0.408 e. The third-order valence-electron chi connectivity index (χ3n) is 3.94. The molecule has 1 aliphatic heterocycles. The second-order valence-electron chi connectivity index (χ2n) is 7.62. The van der Waals surface area contributed by atoms with E-state index < -0.39 is 41.6 Å². The summed E-state index contributed by atoms with van der Waals surface area (Å²) in [6.45, 7) is 6.79. The van der Waals surface area contributed by atoms with Crippen LogP contribution < -0.4 is 5.32 Å². The average molecular weight is 406 g/mol. The van der Waals surface area contributed by atoms with E-state index in [1.54, 1.807) is 27.7 Å². The summed E-state index contributed by atoms with van der Waals surface area (Å²) < 4.78 is 10.9. The van der Waals surface area contributed by atoms with Crippen molar-refractivity contribution in [3.05, 3.63) is 35.9 Å². The molecule has 2 atom stereocenters. The molecule has 0 saturated carbocycles. The molecule has 0 aromatic heterocycles. The summed E-state index contributed by atoms with van der Waals surface area (Å²) in [6.07, 6.45) is -1.75. The monoisotopic (exact) mass is 406 g/mol. The molecule has 1 fully saturated rings. The van der Waals surface area contributed by atoms with Gasteiger partial charge in [0.2, 0.25) is 0 Å². The van der Waals surface area contributed by atoms with Gasteiger partial charge in [-0.3, -0.25) is 9.59 Å². The lowest BCUT2D eigenvalue weighted by atomic mass is 10.1. The van der Waals surface area contributed by atoms with Crippen LogP contribution in [0, 0.1) is 0 Å². The van der Waals surface area contributed by atoms with E-state index in [1.807, 2.05) is 30.3 Å². The number of nitrogens with zero attached hydrogens (tertiary/aromatic N) is 1. The fourth-order valence-electron chi connectivity index (χ4n) is 2.51. The Morgan fingerprint density at radius 2 is 1.69 bits per heavy atom. The van der Waals surface area contributed by atoms with Crippen molar-refractivity contribution in [2.24, 2.45) is 0 Å². The maximum atomic E-state index is 12.6. The van der Waals surface area contributed by atoms with Gasteiger partial charge < -0.3 is 19.6 Å². The molecule has 0 bridgehead atoms. The molecule has 9 nitrogen and oxygen atoms in total. The van der Waals surface area contributed by atoms with Crippen LogP contribution in [0.3, 0.4) is 0 Å². The van der Waals surface area contributed by atoms with Crippen LogP contribution in [-0.4, -0.2) is 46.7 Å². The van der Waals surface area contributed by atoms with Crippen LogP contribution in [0.25, 0.3) is 0 Å². The number of imide groups is 1. The van der Waals surface area contributed by atoms with Gasteiger partial charge in [-0.25, -0.2) is 9.59 Å². The molecule has 0 unspecified atom stereocenters. The molecule has 1 saturated heterocycles. The summed E-state index contributed by atoms with van der Waals surface area (Å²) >= 11 is 0. The number of carbonyl (C=O) groups excluding carboxylic acids is 4. The van der Waals surface area contributed by atoms with Crippen molar-refractivity contribution in [1.29, 1.82) is 0 Å². The van der Waals surface area contributed by atoms with Gasteiger partial charge in [-0.05, 0) is 33.3 Å².